The molecule has 0 aromatic heterocycles. The van der Waals surface area contributed by atoms with E-state index in [1.807, 2.05) is 12.1 Å². The molecule has 4 rings (SSSR count). The van der Waals surface area contributed by atoms with Crippen LogP contribution in [0.1, 0.15) is 71.8 Å². The van der Waals surface area contributed by atoms with Crippen molar-refractivity contribution in [2.45, 2.75) is 115 Å². The standard InChI is InChI=1S/C37H54N8O10/c1-21(2)28(33(50)42-24(9-8-19-40-36(39)52)32(49)41-23-13-11-22(12-14-23)17-18-38)44-34(51)30-29(31-35(53-30)55-37(3,4)54-31)43-25(46)10-6-5-7-20-45-26(47)15-16-27(45)48/h11-16,21,24,28-31,35H,5-10,17-20,38H2,1-4H3,(H,41,49)(H,42,50)(H,43,46)(H,44,51)(H3,39,40,52)/t24?,28-,29-,30?,31-,35-/m1/s1. The molecule has 3 aliphatic rings. The zero-order valence-electron chi connectivity index (χ0n) is 31.8. The average molecular weight is 771 g/mol. The van der Waals surface area contributed by atoms with Gasteiger partial charge in [0.25, 0.3) is 17.7 Å². The molecule has 302 valence electrons. The number of imide groups is 1. The summed E-state index contributed by atoms with van der Waals surface area (Å²) in [6, 6.07) is 3.29. The van der Waals surface area contributed by atoms with Crippen molar-refractivity contribution in [3.63, 3.8) is 0 Å². The predicted octanol–water partition coefficient (Wildman–Crippen LogP) is 0.0470. The summed E-state index contributed by atoms with van der Waals surface area (Å²) in [6.07, 6.45) is 2.13. The summed E-state index contributed by atoms with van der Waals surface area (Å²) in [6.45, 7) is 7.71. The maximum atomic E-state index is 13.9. The van der Waals surface area contributed by atoms with E-state index in [9.17, 15) is 33.6 Å². The molecule has 3 heterocycles. The van der Waals surface area contributed by atoms with Crippen LogP contribution in [-0.2, 0) is 49.4 Å². The quantitative estimate of drug-likeness (QED) is 0.0688. The number of carbonyl (C=O) groups excluding carboxylic acids is 7. The number of nitrogens with two attached hydrogens (primary N) is 2. The van der Waals surface area contributed by atoms with Crippen molar-refractivity contribution < 1.29 is 47.8 Å². The minimum Gasteiger partial charge on any atom is -0.352 e. The van der Waals surface area contributed by atoms with Gasteiger partial charge in [0, 0.05) is 37.3 Å². The lowest BCUT2D eigenvalue weighted by Crippen LogP contribution is -2.59. The summed E-state index contributed by atoms with van der Waals surface area (Å²) in [4.78, 5) is 90.1. The zero-order valence-corrected chi connectivity index (χ0v) is 31.8. The molecule has 0 aliphatic carbocycles. The monoisotopic (exact) mass is 770 g/mol. The van der Waals surface area contributed by atoms with Gasteiger partial charge in [0.2, 0.25) is 17.7 Å². The van der Waals surface area contributed by atoms with Crippen LogP contribution < -0.4 is 38.1 Å². The largest absolute Gasteiger partial charge is 0.352 e. The van der Waals surface area contributed by atoms with E-state index >= 15 is 0 Å². The Bertz CT molecular complexity index is 1580. The number of benzene rings is 1. The molecule has 3 aliphatic heterocycles. The number of nitrogens with zero attached hydrogens (tertiary/aromatic N) is 1. The topological polar surface area (TPSA) is 263 Å². The molecule has 1 aromatic carbocycles. The molecule has 18 heteroatoms. The first-order valence-electron chi connectivity index (χ1n) is 18.7. The summed E-state index contributed by atoms with van der Waals surface area (Å²) in [5, 5.41) is 13.6. The number of nitrogens with one attached hydrogen (secondary N) is 5. The zero-order chi connectivity index (χ0) is 40.3. The van der Waals surface area contributed by atoms with Crippen LogP contribution in [0.4, 0.5) is 10.5 Å². The van der Waals surface area contributed by atoms with Crippen LogP contribution in [0.15, 0.2) is 36.4 Å². The highest BCUT2D eigenvalue weighted by Gasteiger charge is 2.57. The number of hydrogen-bond donors (Lipinski definition) is 7. The third-order valence-electron chi connectivity index (χ3n) is 9.32. The fourth-order valence-corrected chi connectivity index (χ4v) is 6.50. The maximum Gasteiger partial charge on any atom is 0.312 e. The number of carbonyl (C=O) groups is 7. The highest BCUT2D eigenvalue weighted by molar-refractivity contribution is 6.12. The predicted molar refractivity (Wildman–Crippen MR) is 198 cm³/mol. The van der Waals surface area contributed by atoms with Gasteiger partial charge in [-0.1, -0.05) is 32.4 Å². The van der Waals surface area contributed by atoms with Crippen molar-refractivity contribution in [3.8, 4) is 0 Å². The summed E-state index contributed by atoms with van der Waals surface area (Å²) in [5.41, 5.74) is 12.3. The second kappa shape index (κ2) is 19.6. The Morgan fingerprint density at radius 3 is 2.24 bits per heavy atom. The second-order valence-corrected chi connectivity index (χ2v) is 14.5. The number of hydrogen-bond acceptors (Lipinski definition) is 11. The van der Waals surface area contributed by atoms with Gasteiger partial charge in [-0.05, 0) is 76.1 Å². The third-order valence-corrected chi connectivity index (χ3v) is 9.32. The first kappa shape index (κ1) is 42.8. The molecule has 0 bridgehead atoms. The number of anilines is 1. The smallest absolute Gasteiger partial charge is 0.312 e. The van der Waals surface area contributed by atoms with Crippen molar-refractivity contribution in [3.05, 3.63) is 42.0 Å². The molecule has 18 nitrogen and oxygen atoms in total. The van der Waals surface area contributed by atoms with E-state index < -0.39 is 72.1 Å². The number of unbranched alkanes of at least 4 members (excludes halogenated alkanes) is 2. The molecule has 0 saturated carbocycles. The Morgan fingerprint density at radius 2 is 1.60 bits per heavy atom. The van der Waals surface area contributed by atoms with Crippen LogP contribution in [0, 0.1) is 5.92 Å². The van der Waals surface area contributed by atoms with Gasteiger partial charge in [-0.3, -0.25) is 33.7 Å². The van der Waals surface area contributed by atoms with Gasteiger partial charge in [-0.2, -0.15) is 0 Å². The average Bonchev–Trinajstić information content (AvgIpc) is 3.73. The van der Waals surface area contributed by atoms with E-state index in [0.29, 0.717) is 44.3 Å². The number of amides is 8. The summed E-state index contributed by atoms with van der Waals surface area (Å²) in [7, 11) is 0. The maximum absolute atomic E-state index is 13.9. The Morgan fingerprint density at radius 1 is 0.909 bits per heavy atom. The molecular weight excluding hydrogens is 716 g/mol. The van der Waals surface area contributed by atoms with Crippen molar-refractivity contribution in [2.24, 2.45) is 17.4 Å². The number of rotatable bonds is 20. The Hall–Kier alpha value is -4.91. The van der Waals surface area contributed by atoms with Gasteiger partial charge in [-0.25, -0.2) is 4.79 Å². The van der Waals surface area contributed by atoms with Gasteiger partial charge in [0.05, 0.1) is 6.04 Å². The van der Waals surface area contributed by atoms with E-state index in [2.05, 4.69) is 26.6 Å². The first-order chi connectivity index (χ1) is 26.1. The Labute approximate surface area is 320 Å². The molecule has 9 N–H and O–H groups in total. The fourth-order valence-electron chi connectivity index (χ4n) is 6.50. The van der Waals surface area contributed by atoms with Crippen LogP contribution in [0.3, 0.4) is 0 Å². The fraction of sp³-hybridized carbons (Fsp3) is 0.595. The van der Waals surface area contributed by atoms with Crippen molar-refractivity contribution in [1.82, 2.24) is 26.2 Å². The van der Waals surface area contributed by atoms with Crippen LogP contribution in [-0.4, -0.2) is 108 Å². The van der Waals surface area contributed by atoms with E-state index in [0.717, 1.165) is 10.5 Å². The summed E-state index contributed by atoms with van der Waals surface area (Å²) in [5.74, 6) is -4.42. The van der Waals surface area contributed by atoms with E-state index in [1.165, 1.54) is 12.2 Å². The molecule has 0 radical (unpaired) electrons. The molecule has 1 aromatic rings. The summed E-state index contributed by atoms with van der Waals surface area (Å²) < 4.78 is 17.8. The second-order valence-electron chi connectivity index (χ2n) is 14.5. The minimum atomic E-state index is -1.29. The lowest BCUT2D eigenvalue weighted by Gasteiger charge is -2.29. The minimum absolute atomic E-state index is 0.0971. The van der Waals surface area contributed by atoms with Crippen LogP contribution in [0.2, 0.25) is 0 Å². The SMILES string of the molecule is CC(C)[C@@H](NC(=O)C1O[C@@H]2OC(C)(C)O[C@@H]2[C@@H]1NC(=O)CCCCCN1C(=O)C=CC1=O)C(=O)NC(CCCNC(N)=O)C(=O)Nc1ccc(CCN)cc1. The van der Waals surface area contributed by atoms with Gasteiger partial charge in [-0.15, -0.1) is 0 Å². The Kier molecular flexibility index (Phi) is 15.3. The highest BCUT2D eigenvalue weighted by atomic mass is 16.8. The van der Waals surface area contributed by atoms with Gasteiger partial charge in [0.15, 0.2) is 18.2 Å². The number of fused-ring (bicyclic) bond motifs is 1. The summed E-state index contributed by atoms with van der Waals surface area (Å²) >= 11 is 0. The third kappa shape index (κ3) is 12.3. The van der Waals surface area contributed by atoms with E-state index in [4.69, 9.17) is 25.7 Å². The molecule has 0 spiro atoms. The number of urea groups is 1. The molecule has 55 heavy (non-hydrogen) atoms. The normalized spacial score (nSPS) is 22.3. The van der Waals surface area contributed by atoms with Crippen LogP contribution in [0.5, 0.6) is 0 Å². The van der Waals surface area contributed by atoms with Crippen molar-refractivity contribution >= 4 is 47.2 Å². The highest BCUT2D eigenvalue weighted by Crippen LogP contribution is 2.37. The Balaban J connectivity index is 1.39. The molecule has 2 saturated heterocycles. The molecule has 2 fully saturated rings. The first-order valence-corrected chi connectivity index (χ1v) is 18.7. The lowest BCUT2D eigenvalue weighted by molar-refractivity contribution is -0.208. The van der Waals surface area contributed by atoms with E-state index in [1.54, 1.807) is 39.8 Å². The van der Waals surface area contributed by atoms with Gasteiger partial charge >= 0.3 is 6.03 Å². The molecule has 8 amide bonds. The number of ether oxygens (including phenoxy) is 3. The lowest BCUT2D eigenvalue weighted by atomic mass is 10.0. The molecule has 2 unspecified atom stereocenters. The molecule has 6 atom stereocenters. The van der Waals surface area contributed by atoms with Gasteiger partial charge in [0.1, 0.15) is 18.2 Å². The van der Waals surface area contributed by atoms with E-state index in [-0.39, 0.29) is 43.7 Å². The van der Waals surface area contributed by atoms with Crippen LogP contribution in [0.25, 0.3) is 0 Å². The molecular formula is C37H54N8O10. The van der Waals surface area contributed by atoms with Crippen molar-refractivity contribution in [2.75, 3.05) is 25.0 Å². The van der Waals surface area contributed by atoms with Gasteiger partial charge < -0.3 is 52.3 Å². The number of primary amides is 1. The van der Waals surface area contributed by atoms with Crippen LogP contribution >= 0.6 is 0 Å². The van der Waals surface area contributed by atoms with Crippen molar-refractivity contribution in [1.29, 1.82) is 0 Å².